The molecule has 0 atom stereocenters. The van der Waals surface area contributed by atoms with Gasteiger partial charge < -0.3 is 11.5 Å². The summed E-state index contributed by atoms with van der Waals surface area (Å²) >= 11 is 0. The third kappa shape index (κ3) is 3.65. The average Bonchev–Trinajstić information content (AvgIpc) is 2.30. The van der Waals surface area contributed by atoms with Crippen LogP contribution in [0.3, 0.4) is 0 Å². The van der Waals surface area contributed by atoms with Crippen molar-refractivity contribution in [3.05, 3.63) is 59.7 Å². The lowest BCUT2D eigenvalue weighted by atomic mass is 10.0. The number of anilines is 2. The van der Waals surface area contributed by atoms with Crippen LogP contribution in [0.5, 0.6) is 0 Å². The Bertz CT molecular complexity index is 462. The van der Waals surface area contributed by atoms with Crippen LogP contribution < -0.4 is 11.5 Å². The number of benzene rings is 2. The zero-order chi connectivity index (χ0) is 11.5. The van der Waals surface area contributed by atoms with Gasteiger partial charge in [-0.2, -0.15) is 0 Å². The van der Waals surface area contributed by atoms with Crippen molar-refractivity contribution in [1.29, 1.82) is 0 Å². The number of halogens is 2. The molecule has 0 aromatic heterocycles. The van der Waals surface area contributed by atoms with Gasteiger partial charge in [-0.25, -0.2) is 0 Å². The van der Waals surface area contributed by atoms with Gasteiger partial charge >= 0.3 is 0 Å². The van der Waals surface area contributed by atoms with Crippen LogP contribution >= 0.6 is 24.8 Å². The molecule has 0 heterocycles. The summed E-state index contributed by atoms with van der Waals surface area (Å²) in [6, 6.07) is 13.7. The van der Waals surface area contributed by atoms with Gasteiger partial charge in [0.1, 0.15) is 0 Å². The molecule has 4 N–H and O–H groups in total. The summed E-state index contributed by atoms with van der Waals surface area (Å²) in [5, 5.41) is 0. The summed E-state index contributed by atoms with van der Waals surface area (Å²) in [6.45, 7) is 0. The van der Waals surface area contributed by atoms with E-state index in [1.165, 1.54) is 0 Å². The summed E-state index contributed by atoms with van der Waals surface area (Å²) in [7, 11) is 0. The molecule has 3 nitrogen and oxygen atoms in total. The fourth-order valence-corrected chi connectivity index (χ4v) is 1.44. The highest BCUT2D eigenvalue weighted by atomic mass is 35.5. The van der Waals surface area contributed by atoms with E-state index in [0.717, 1.165) is 0 Å². The van der Waals surface area contributed by atoms with E-state index < -0.39 is 0 Å². The largest absolute Gasteiger partial charge is 0.399 e. The van der Waals surface area contributed by atoms with Gasteiger partial charge in [0.2, 0.25) is 0 Å². The van der Waals surface area contributed by atoms with E-state index in [9.17, 15) is 4.79 Å². The minimum Gasteiger partial charge on any atom is -0.399 e. The highest BCUT2D eigenvalue weighted by molar-refractivity contribution is 6.09. The van der Waals surface area contributed by atoms with E-state index in [4.69, 9.17) is 11.5 Å². The summed E-state index contributed by atoms with van der Waals surface area (Å²) < 4.78 is 0. The topological polar surface area (TPSA) is 69.1 Å². The van der Waals surface area contributed by atoms with E-state index in [2.05, 4.69) is 0 Å². The second kappa shape index (κ2) is 6.89. The SMILES string of the molecule is Cl.Cl.Nc1ccc(C(=O)c2ccc(N)cc2)cc1. The fourth-order valence-electron chi connectivity index (χ4n) is 1.44. The summed E-state index contributed by atoms with van der Waals surface area (Å²) in [5.41, 5.74) is 13.7. The first kappa shape index (κ1) is 16.3. The Kier molecular flexibility index (Phi) is 6.23. The smallest absolute Gasteiger partial charge is 0.193 e. The van der Waals surface area contributed by atoms with Gasteiger partial charge in [0.05, 0.1) is 0 Å². The Morgan fingerprint density at radius 1 is 0.667 bits per heavy atom. The van der Waals surface area contributed by atoms with Crippen molar-refractivity contribution in [2.45, 2.75) is 0 Å². The van der Waals surface area contributed by atoms with Gasteiger partial charge in [-0.05, 0) is 48.5 Å². The molecule has 96 valence electrons. The molecule has 2 rings (SSSR count). The van der Waals surface area contributed by atoms with Gasteiger partial charge in [-0.3, -0.25) is 4.79 Å². The number of hydrogen-bond acceptors (Lipinski definition) is 3. The van der Waals surface area contributed by atoms with Crippen LogP contribution in [0.2, 0.25) is 0 Å². The van der Waals surface area contributed by atoms with Gasteiger partial charge in [0, 0.05) is 22.5 Å². The third-order valence-electron chi connectivity index (χ3n) is 2.35. The lowest BCUT2D eigenvalue weighted by molar-refractivity contribution is 0.103. The van der Waals surface area contributed by atoms with Crippen molar-refractivity contribution in [2.75, 3.05) is 11.5 Å². The number of nitrogens with two attached hydrogens (primary N) is 2. The highest BCUT2D eigenvalue weighted by Gasteiger charge is 2.07. The zero-order valence-electron chi connectivity index (χ0n) is 9.50. The van der Waals surface area contributed by atoms with Crippen LogP contribution in [0.4, 0.5) is 11.4 Å². The van der Waals surface area contributed by atoms with Crippen LogP contribution in [0.15, 0.2) is 48.5 Å². The Hall–Kier alpha value is -1.71. The van der Waals surface area contributed by atoms with E-state index in [1.54, 1.807) is 48.5 Å². The van der Waals surface area contributed by atoms with Crippen LogP contribution in [0.1, 0.15) is 15.9 Å². The van der Waals surface area contributed by atoms with Crippen molar-refractivity contribution >= 4 is 42.0 Å². The Balaban J connectivity index is 0.00000144. The third-order valence-corrected chi connectivity index (χ3v) is 2.35. The molecule has 0 saturated carbocycles. The van der Waals surface area contributed by atoms with Crippen LogP contribution in [0.25, 0.3) is 0 Å². The van der Waals surface area contributed by atoms with E-state index in [1.807, 2.05) is 0 Å². The quantitative estimate of drug-likeness (QED) is 0.658. The summed E-state index contributed by atoms with van der Waals surface area (Å²) in [5.74, 6) is -0.0278. The second-order valence-corrected chi connectivity index (χ2v) is 3.57. The molecule has 0 bridgehead atoms. The number of carbonyl (C=O) groups is 1. The Morgan fingerprint density at radius 3 is 1.22 bits per heavy atom. The van der Waals surface area contributed by atoms with E-state index >= 15 is 0 Å². The molecule has 0 amide bonds. The maximum Gasteiger partial charge on any atom is 0.193 e. The molecular formula is C13H14Cl2N2O. The van der Waals surface area contributed by atoms with Crippen LogP contribution in [-0.4, -0.2) is 5.78 Å². The number of nitrogen functional groups attached to an aromatic ring is 2. The first-order chi connectivity index (χ1) is 7.66. The summed E-state index contributed by atoms with van der Waals surface area (Å²) in [4.78, 5) is 12.0. The molecule has 0 spiro atoms. The monoisotopic (exact) mass is 284 g/mol. The average molecular weight is 285 g/mol. The van der Waals surface area contributed by atoms with Crippen molar-refractivity contribution < 1.29 is 4.79 Å². The van der Waals surface area contributed by atoms with Crippen molar-refractivity contribution in [3.63, 3.8) is 0 Å². The maximum absolute atomic E-state index is 12.0. The predicted octanol–water partition coefficient (Wildman–Crippen LogP) is 2.93. The van der Waals surface area contributed by atoms with E-state index in [0.29, 0.717) is 22.5 Å². The van der Waals surface area contributed by atoms with Gasteiger partial charge in [0.15, 0.2) is 5.78 Å². The van der Waals surface area contributed by atoms with Crippen molar-refractivity contribution in [2.24, 2.45) is 0 Å². The zero-order valence-corrected chi connectivity index (χ0v) is 11.1. The molecule has 5 heteroatoms. The van der Waals surface area contributed by atoms with Gasteiger partial charge in [0.25, 0.3) is 0 Å². The van der Waals surface area contributed by atoms with Crippen molar-refractivity contribution in [1.82, 2.24) is 0 Å². The first-order valence-corrected chi connectivity index (χ1v) is 4.92. The Labute approximate surface area is 118 Å². The molecular weight excluding hydrogens is 271 g/mol. The molecule has 0 aliphatic carbocycles. The Morgan fingerprint density at radius 2 is 0.944 bits per heavy atom. The molecule has 0 unspecified atom stereocenters. The predicted molar refractivity (Wildman–Crippen MR) is 79.6 cm³/mol. The number of hydrogen-bond donors (Lipinski definition) is 2. The fraction of sp³-hybridized carbons (Fsp3) is 0. The van der Waals surface area contributed by atoms with Gasteiger partial charge in [-0.15, -0.1) is 24.8 Å². The molecule has 0 aliphatic rings. The minimum absolute atomic E-state index is 0. The number of rotatable bonds is 2. The number of carbonyl (C=O) groups excluding carboxylic acids is 1. The lowest BCUT2D eigenvalue weighted by Crippen LogP contribution is -2.01. The molecule has 2 aromatic carbocycles. The standard InChI is InChI=1S/C13H12N2O.2ClH/c14-11-5-1-9(2-6-11)13(16)10-3-7-12(15)8-4-10;;/h1-8H,14-15H2;2*1H. The molecule has 18 heavy (non-hydrogen) atoms. The minimum atomic E-state index is -0.0278. The molecule has 2 aromatic rings. The second-order valence-electron chi connectivity index (χ2n) is 3.57. The first-order valence-electron chi connectivity index (χ1n) is 4.92. The van der Waals surface area contributed by atoms with Crippen molar-refractivity contribution in [3.8, 4) is 0 Å². The normalized spacial score (nSPS) is 8.89. The maximum atomic E-state index is 12.0. The van der Waals surface area contributed by atoms with E-state index in [-0.39, 0.29) is 30.6 Å². The molecule has 0 saturated heterocycles. The number of ketones is 1. The molecule has 0 aliphatic heterocycles. The van der Waals surface area contributed by atoms with Crippen LogP contribution in [0, 0.1) is 0 Å². The van der Waals surface area contributed by atoms with Crippen LogP contribution in [-0.2, 0) is 0 Å². The van der Waals surface area contributed by atoms with Gasteiger partial charge in [-0.1, -0.05) is 0 Å². The highest BCUT2D eigenvalue weighted by Crippen LogP contribution is 2.13. The molecule has 0 radical (unpaired) electrons. The summed E-state index contributed by atoms with van der Waals surface area (Å²) in [6.07, 6.45) is 0. The molecule has 0 fully saturated rings. The lowest BCUT2D eigenvalue weighted by Gasteiger charge is -2.02.